The third-order valence-corrected chi connectivity index (χ3v) is 3.73. The number of piperidine rings is 1. The number of ether oxygens (including phenoxy) is 1. The Morgan fingerprint density at radius 2 is 2.11 bits per heavy atom. The largest absolute Gasteiger partial charge is 0.389 e. The minimum atomic E-state index is -0.525. The lowest BCUT2D eigenvalue weighted by molar-refractivity contribution is 0.0818. The van der Waals surface area contributed by atoms with Gasteiger partial charge in [-0.25, -0.2) is 0 Å². The van der Waals surface area contributed by atoms with Gasteiger partial charge in [-0.2, -0.15) is 5.26 Å². The van der Waals surface area contributed by atoms with Crippen LogP contribution in [0.4, 0.5) is 5.69 Å². The highest BCUT2D eigenvalue weighted by molar-refractivity contribution is 5.58. The molecule has 1 aromatic carbocycles. The summed E-state index contributed by atoms with van der Waals surface area (Å²) in [5.41, 5.74) is 2.49. The smallest absolute Gasteiger partial charge is 0.0992 e. The quantitative estimate of drug-likeness (QED) is 0.905. The van der Waals surface area contributed by atoms with Gasteiger partial charge < -0.3 is 14.7 Å². The highest BCUT2D eigenvalue weighted by atomic mass is 16.5. The summed E-state index contributed by atoms with van der Waals surface area (Å²) in [6, 6.07) is 7.64. The second-order valence-electron chi connectivity index (χ2n) is 4.98. The van der Waals surface area contributed by atoms with E-state index in [4.69, 9.17) is 10.00 Å². The molecule has 1 fully saturated rings. The number of hydrogen-bond acceptors (Lipinski definition) is 4. The van der Waals surface area contributed by atoms with Crippen molar-refractivity contribution in [3.63, 3.8) is 0 Å². The van der Waals surface area contributed by atoms with E-state index in [1.807, 2.05) is 12.1 Å². The Kier molecular flexibility index (Phi) is 4.41. The first-order valence-corrected chi connectivity index (χ1v) is 6.65. The lowest BCUT2D eigenvalue weighted by atomic mass is 10.0. The number of rotatable bonds is 3. The fourth-order valence-electron chi connectivity index (χ4n) is 2.57. The zero-order valence-electron chi connectivity index (χ0n) is 11.5. The molecule has 0 bridgehead atoms. The van der Waals surface area contributed by atoms with Gasteiger partial charge in [-0.15, -0.1) is 0 Å². The molecule has 0 radical (unpaired) electrons. The molecule has 1 N–H and O–H groups in total. The second-order valence-corrected chi connectivity index (χ2v) is 4.98. The molecule has 0 aromatic heterocycles. The summed E-state index contributed by atoms with van der Waals surface area (Å²) < 4.78 is 5.37. The average Bonchev–Trinajstić information content (AvgIpc) is 2.46. The normalized spacial score (nSPS) is 18.1. The fraction of sp³-hybridized carbons (Fsp3) is 0.533. The van der Waals surface area contributed by atoms with Gasteiger partial charge in [0.25, 0.3) is 0 Å². The summed E-state index contributed by atoms with van der Waals surface area (Å²) in [7, 11) is 1.75. The summed E-state index contributed by atoms with van der Waals surface area (Å²) in [4.78, 5) is 2.23. The molecule has 1 unspecified atom stereocenters. The SMILES string of the molecule is COC1CCN(c2cc(C#N)ccc2C(C)O)CC1. The van der Waals surface area contributed by atoms with Gasteiger partial charge in [-0.1, -0.05) is 6.07 Å². The average molecular weight is 260 g/mol. The number of anilines is 1. The zero-order valence-corrected chi connectivity index (χ0v) is 11.5. The number of aliphatic hydroxyl groups excluding tert-OH is 1. The van der Waals surface area contributed by atoms with Crippen LogP contribution in [0.3, 0.4) is 0 Å². The number of benzene rings is 1. The van der Waals surface area contributed by atoms with E-state index >= 15 is 0 Å². The van der Waals surface area contributed by atoms with Gasteiger partial charge in [0.2, 0.25) is 0 Å². The van der Waals surface area contributed by atoms with E-state index in [1.165, 1.54) is 0 Å². The van der Waals surface area contributed by atoms with Crippen LogP contribution in [0.1, 0.15) is 37.0 Å². The van der Waals surface area contributed by atoms with Crippen LogP contribution in [0.2, 0.25) is 0 Å². The molecule has 0 aliphatic carbocycles. The first kappa shape index (κ1) is 13.9. The summed E-state index contributed by atoms with van der Waals surface area (Å²) in [5, 5.41) is 18.9. The minimum absolute atomic E-state index is 0.324. The summed E-state index contributed by atoms with van der Waals surface area (Å²) in [6.45, 7) is 3.55. The van der Waals surface area contributed by atoms with E-state index in [1.54, 1.807) is 20.1 Å². The van der Waals surface area contributed by atoms with Gasteiger partial charge in [0.05, 0.1) is 23.8 Å². The van der Waals surface area contributed by atoms with Crippen LogP contribution >= 0.6 is 0 Å². The van der Waals surface area contributed by atoms with E-state index in [0.29, 0.717) is 11.7 Å². The standard InChI is InChI=1S/C15H20N2O2/c1-11(18)14-4-3-12(10-16)9-15(14)17-7-5-13(19-2)6-8-17/h3-4,9,11,13,18H,5-8H2,1-2H3. The van der Waals surface area contributed by atoms with Crippen molar-refractivity contribution in [2.24, 2.45) is 0 Å². The number of aliphatic hydroxyl groups is 1. The van der Waals surface area contributed by atoms with Crippen molar-refractivity contribution >= 4 is 5.69 Å². The Hall–Kier alpha value is -1.57. The van der Waals surface area contributed by atoms with Crippen LogP contribution in [0, 0.1) is 11.3 Å². The summed E-state index contributed by atoms with van der Waals surface area (Å²) >= 11 is 0. The van der Waals surface area contributed by atoms with Crippen molar-refractivity contribution < 1.29 is 9.84 Å². The molecule has 1 heterocycles. The monoisotopic (exact) mass is 260 g/mol. The minimum Gasteiger partial charge on any atom is -0.389 e. The molecular formula is C15H20N2O2. The van der Waals surface area contributed by atoms with E-state index in [0.717, 1.165) is 37.2 Å². The Morgan fingerprint density at radius 1 is 1.42 bits per heavy atom. The third-order valence-electron chi connectivity index (χ3n) is 3.73. The Balaban J connectivity index is 2.25. The first-order valence-electron chi connectivity index (χ1n) is 6.65. The molecule has 1 atom stereocenters. The van der Waals surface area contributed by atoms with Gasteiger partial charge in [-0.3, -0.25) is 0 Å². The molecule has 4 heteroatoms. The van der Waals surface area contributed by atoms with Gasteiger partial charge in [-0.05, 0) is 31.9 Å². The topological polar surface area (TPSA) is 56.5 Å². The highest BCUT2D eigenvalue weighted by Crippen LogP contribution is 2.30. The Bertz CT molecular complexity index is 472. The maximum absolute atomic E-state index is 9.86. The van der Waals surface area contributed by atoms with Crippen molar-refractivity contribution in [2.75, 3.05) is 25.1 Å². The molecule has 0 saturated carbocycles. The van der Waals surface area contributed by atoms with Crippen LogP contribution in [-0.4, -0.2) is 31.4 Å². The molecule has 1 aromatic rings. The molecule has 2 rings (SSSR count). The van der Waals surface area contributed by atoms with Gasteiger partial charge in [0.1, 0.15) is 0 Å². The Morgan fingerprint density at radius 3 is 2.63 bits per heavy atom. The zero-order chi connectivity index (χ0) is 13.8. The molecule has 1 aliphatic rings. The van der Waals surface area contributed by atoms with Gasteiger partial charge in [0.15, 0.2) is 0 Å². The maximum atomic E-state index is 9.86. The Labute approximate surface area is 114 Å². The van der Waals surface area contributed by atoms with Gasteiger partial charge >= 0.3 is 0 Å². The predicted molar refractivity (Wildman–Crippen MR) is 74.0 cm³/mol. The van der Waals surface area contributed by atoms with E-state index < -0.39 is 6.10 Å². The molecule has 19 heavy (non-hydrogen) atoms. The predicted octanol–water partition coefficient (Wildman–Crippen LogP) is 2.23. The number of methoxy groups -OCH3 is 1. The lowest BCUT2D eigenvalue weighted by Gasteiger charge is -2.34. The number of hydrogen-bond donors (Lipinski definition) is 1. The molecule has 1 saturated heterocycles. The lowest BCUT2D eigenvalue weighted by Crippen LogP contribution is -2.37. The third kappa shape index (κ3) is 3.06. The highest BCUT2D eigenvalue weighted by Gasteiger charge is 2.22. The number of nitriles is 1. The second kappa shape index (κ2) is 6.05. The first-order chi connectivity index (χ1) is 9.15. The molecule has 0 amide bonds. The molecular weight excluding hydrogens is 240 g/mol. The molecule has 102 valence electrons. The molecule has 0 spiro atoms. The maximum Gasteiger partial charge on any atom is 0.0992 e. The van der Waals surface area contributed by atoms with E-state index in [-0.39, 0.29) is 0 Å². The van der Waals surface area contributed by atoms with Crippen LogP contribution < -0.4 is 4.90 Å². The summed E-state index contributed by atoms with van der Waals surface area (Å²) in [6.07, 6.45) is 1.76. The van der Waals surface area contributed by atoms with Crippen molar-refractivity contribution in [1.82, 2.24) is 0 Å². The summed E-state index contributed by atoms with van der Waals surface area (Å²) in [5.74, 6) is 0. The number of nitrogens with zero attached hydrogens (tertiary/aromatic N) is 2. The van der Waals surface area contributed by atoms with Crippen molar-refractivity contribution in [3.8, 4) is 6.07 Å². The van der Waals surface area contributed by atoms with E-state index in [2.05, 4.69) is 11.0 Å². The van der Waals surface area contributed by atoms with Crippen LogP contribution in [0.5, 0.6) is 0 Å². The molecule has 1 aliphatic heterocycles. The van der Waals surface area contributed by atoms with Crippen LogP contribution in [-0.2, 0) is 4.74 Å². The van der Waals surface area contributed by atoms with Crippen molar-refractivity contribution in [2.45, 2.75) is 32.0 Å². The van der Waals surface area contributed by atoms with Crippen molar-refractivity contribution in [3.05, 3.63) is 29.3 Å². The molecule has 4 nitrogen and oxygen atoms in total. The van der Waals surface area contributed by atoms with Crippen molar-refractivity contribution in [1.29, 1.82) is 5.26 Å². The van der Waals surface area contributed by atoms with Crippen LogP contribution in [0.15, 0.2) is 18.2 Å². The van der Waals surface area contributed by atoms with Crippen LogP contribution in [0.25, 0.3) is 0 Å². The van der Waals surface area contributed by atoms with Gasteiger partial charge in [0, 0.05) is 31.5 Å². The fourth-order valence-corrected chi connectivity index (χ4v) is 2.57. The van der Waals surface area contributed by atoms with E-state index in [9.17, 15) is 5.11 Å².